The van der Waals surface area contributed by atoms with E-state index in [4.69, 9.17) is 11.5 Å². The van der Waals surface area contributed by atoms with Gasteiger partial charge in [-0.25, -0.2) is 19.2 Å². The Morgan fingerprint density at radius 2 is 0.791 bits per heavy atom. The van der Waals surface area contributed by atoms with Gasteiger partial charge < -0.3 is 78.9 Å². The molecule has 91 heavy (non-hydrogen) atoms. The van der Waals surface area contributed by atoms with Crippen molar-refractivity contribution in [1.29, 1.82) is 0 Å². The number of ketones is 1. The molecule has 15 atom stereocenters. The van der Waals surface area contributed by atoms with Gasteiger partial charge in [0.15, 0.2) is 6.10 Å². The third-order valence-corrected chi connectivity index (χ3v) is 21.6. The van der Waals surface area contributed by atoms with Gasteiger partial charge in [-0.1, -0.05) is 142 Å². The van der Waals surface area contributed by atoms with E-state index in [1.165, 1.54) is 30.9 Å². The van der Waals surface area contributed by atoms with Crippen molar-refractivity contribution in [3.63, 3.8) is 0 Å². The van der Waals surface area contributed by atoms with E-state index >= 15 is 0 Å². The Kier molecular flexibility index (Phi) is 21.8. The summed E-state index contributed by atoms with van der Waals surface area (Å²) in [5.41, 5.74) is 8.65. The van der Waals surface area contributed by atoms with Crippen LogP contribution in [0.4, 0.5) is 14.4 Å². The Morgan fingerprint density at radius 1 is 0.484 bits per heavy atom. The van der Waals surface area contributed by atoms with Crippen molar-refractivity contribution in [2.75, 3.05) is 40.8 Å². The van der Waals surface area contributed by atoms with Gasteiger partial charge in [0.25, 0.3) is 5.91 Å². The summed E-state index contributed by atoms with van der Waals surface area (Å²) in [5.74, 6) is -4.53. The summed E-state index contributed by atoms with van der Waals surface area (Å²) in [6, 6.07) is -7.96. The fourth-order valence-corrected chi connectivity index (χ4v) is 15.0. The number of primary amides is 2. The minimum absolute atomic E-state index is 0.00966. The molecule has 0 bridgehead atoms. The number of hydrogen-bond donors (Lipinski definition) is 12. The molecule has 512 valence electrons. The molecule has 0 spiro atoms. The second-order valence-corrected chi connectivity index (χ2v) is 31.9. The maximum Gasteiger partial charge on any atom is 0.326 e. The highest BCUT2D eigenvalue weighted by atomic mass is 16.4. The Balaban J connectivity index is 0.000000222. The monoisotopic (exact) mass is 1280 g/mol. The summed E-state index contributed by atoms with van der Waals surface area (Å²) in [4.78, 5) is 155. The first-order valence-electron chi connectivity index (χ1n) is 32.3. The van der Waals surface area contributed by atoms with Crippen LogP contribution in [0.2, 0.25) is 0 Å². The van der Waals surface area contributed by atoms with E-state index in [1.54, 1.807) is 4.90 Å². The molecule has 8 rings (SSSR count). The van der Waals surface area contributed by atoms with E-state index in [2.05, 4.69) is 70.2 Å². The number of nitrogens with one attached hydrogen (secondary N) is 8. The van der Waals surface area contributed by atoms with Gasteiger partial charge in [0.1, 0.15) is 36.3 Å². The zero-order valence-electron chi connectivity index (χ0n) is 56.9. The maximum atomic E-state index is 13.7. The van der Waals surface area contributed by atoms with Crippen LogP contribution in [0.25, 0.3) is 0 Å². The number of aliphatic hydroxyl groups excluding tert-OH is 1. The average molecular weight is 1280 g/mol. The van der Waals surface area contributed by atoms with E-state index in [-0.39, 0.29) is 81.3 Å². The molecule has 8 aliphatic rings. The molecule has 27 nitrogen and oxygen atoms in total. The van der Waals surface area contributed by atoms with E-state index in [0.717, 1.165) is 38.5 Å². The third kappa shape index (κ3) is 15.7. The van der Waals surface area contributed by atoms with Crippen LogP contribution in [0.15, 0.2) is 0 Å². The lowest BCUT2D eigenvalue weighted by atomic mass is 9.79. The molecule has 8 fully saturated rings. The van der Waals surface area contributed by atoms with Crippen molar-refractivity contribution in [3.05, 3.63) is 0 Å². The number of amides is 13. The summed E-state index contributed by atoms with van der Waals surface area (Å²) >= 11 is 0. The standard InChI is InChI=1S/C24H41N5O5.C24H39N5O5.C16H27N3O4/c2*1-23(2,3)18(28-22(34)26-6)21(33)29-11-13-15(24(13,4)5)16(29)20(32)27-14(17(30)19(25)31)10-12-8-7-9-12;1-15(2,3)11(18-14(23)17-6)12(20)19-7-8-9(16(8,4)5)10(19)13(21)22/h12-18,30H,7-11H2,1-6H3,(H2,25,31)(H,27,32)(H2,26,28,34);12-16,18H,7-11H2,1-6H3,(H2,25,31)(H,27,32)(H2,26,28,34);8-11H,7H2,1-6H3,(H,21,22)(H2,17,18,23)/t13?,14?,15?,16-,17?,18+;13?,14?,15?,16-,18+;8?,9?,10-,11+/m000/s1. The summed E-state index contributed by atoms with van der Waals surface area (Å²) in [6.45, 7) is 30.3. The third-order valence-electron chi connectivity index (χ3n) is 21.6. The van der Waals surface area contributed by atoms with Crippen LogP contribution in [0.3, 0.4) is 0 Å². The van der Waals surface area contributed by atoms with E-state index in [1.807, 2.05) is 76.2 Å². The number of aliphatic hydroxyl groups is 1. The van der Waals surface area contributed by atoms with Crippen molar-refractivity contribution in [1.82, 2.24) is 57.2 Å². The zero-order chi connectivity index (χ0) is 68.9. The highest BCUT2D eigenvalue weighted by Crippen LogP contribution is 2.67. The smallest absolute Gasteiger partial charge is 0.326 e. The van der Waals surface area contributed by atoms with Gasteiger partial charge in [-0.3, -0.25) is 38.4 Å². The van der Waals surface area contributed by atoms with Crippen LogP contribution >= 0.6 is 0 Å². The van der Waals surface area contributed by atoms with Gasteiger partial charge in [-0.05, 0) is 86.8 Å². The predicted molar refractivity (Wildman–Crippen MR) is 336 cm³/mol. The Labute approximate surface area is 536 Å². The second-order valence-electron chi connectivity index (χ2n) is 31.9. The van der Waals surface area contributed by atoms with Crippen molar-refractivity contribution in [3.8, 4) is 0 Å². The van der Waals surface area contributed by atoms with E-state index in [9.17, 15) is 67.7 Å². The minimum Gasteiger partial charge on any atom is -0.480 e. The second kappa shape index (κ2) is 27.0. The Hall–Kier alpha value is -6.80. The fraction of sp³-hybridized carbons (Fsp3) is 0.812. The molecule has 5 aliphatic carbocycles. The molecule has 0 aromatic heterocycles. The largest absolute Gasteiger partial charge is 0.480 e. The normalized spacial score (nSPS) is 28.0. The zero-order valence-corrected chi connectivity index (χ0v) is 56.9. The van der Waals surface area contributed by atoms with Gasteiger partial charge in [-0.15, -0.1) is 0 Å². The average Bonchev–Trinajstić information content (AvgIpc) is 1.55. The molecule has 3 saturated heterocycles. The van der Waals surface area contributed by atoms with Crippen LogP contribution in [0.1, 0.15) is 155 Å². The molecule has 3 heterocycles. The number of carbonyl (C=O) groups is 12. The molecule has 3 aliphatic heterocycles. The first kappa shape index (κ1) is 73.3. The summed E-state index contributed by atoms with van der Waals surface area (Å²) in [6.07, 6.45) is 5.37. The van der Waals surface area contributed by atoms with E-state index in [0.29, 0.717) is 38.4 Å². The molecular formula is C64H107N13O14. The maximum absolute atomic E-state index is 13.7. The van der Waals surface area contributed by atoms with Crippen LogP contribution in [0.5, 0.6) is 0 Å². The predicted octanol–water partition coefficient (Wildman–Crippen LogP) is 1.77. The lowest BCUT2D eigenvalue weighted by Gasteiger charge is -2.38. The van der Waals surface area contributed by atoms with Gasteiger partial charge in [0.2, 0.25) is 41.2 Å². The molecule has 0 aromatic rings. The number of aliphatic carboxylic acids is 1. The number of piperidine rings is 3. The van der Waals surface area contributed by atoms with Gasteiger partial charge in [0.05, 0.1) is 12.1 Å². The first-order valence-corrected chi connectivity index (χ1v) is 32.3. The molecule has 0 aromatic carbocycles. The molecule has 0 radical (unpaired) electrons. The van der Waals surface area contributed by atoms with E-state index < -0.39 is 118 Å². The number of carbonyl (C=O) groups excluding carboxylic acids is 11. The number of rotatable bonds is 19. The number of likely N-dealkylation sites (tertiary alicyclic amines) is 3. The number of nitrogens with zero attached hydrogens (tertiary/aromatic N) is 3. The van der Waals surface area contributed by atoms with Crippen molar-refractivity contribution in [2.24, 2.45) is 91.3 Å². The van der Waals surface area contributed by atoms with Crippen molar-refractivity contribution >= 4 is 71.2 Å². The molecule has 5 saturated carbocycles. The SMILES string of the molecule is CNC(=O)N[C@H](C(=O)N1CC2C([C@H]1C(=O)NC(CC1CCC1)C(=O)C(N)=O)C2(C)C)C(C)(C)C.CNC(=O)N[C@H](C(=O)N1CC2C([C@H]1C(=O)NC(CC1CCC1)C(O)C(N)=O)C2(C)C)C(C)(C)C.CNC(=O)N[C@H](C(=O)N1CC2C([C@H]1C(=O)O)C2(C)C)C(C)(C)C. The van der Waals surface area contributed by atoms with Crippen LogP contribution in [0, 0.1) is 79.8 Å². The molecule has 9 unspecified atom stereocenters. The highest BCUT2D eigenvalue weighted by molar-refractivity contribution is 6.37. The summed E-state index contributed by atoms with van der Waals surface area (Å²) < 4.78 is 0. The first-order chi connectivity index (χ1) is 41.8. The quantitative estimate of drug-likeness (QED) is 0.0821. The Bertz CT molecular complexity index is 2830. The number of carboxylic acids is 1. The van der Waals surface area contributed by atoms with Crippen LogP contribution < -0.4 is 54.0 Å². The topological polar surface area (TPSA) is 403 Å². The minimum atomic E-state index is -1.49. The van der Waals surface area contributed by atoms with Crippen LogP contribution in [-0.4, -0.2) is 191 Å². The number of hydrogen-bond acceptors (Lipinski definition) is 13. The fourth-order valence-electron chi connectivity index (χ4n) is 15.0. The van der Waals surface area contributed by atoms with Gasteiger partial charge >= 0.3 is 24.1 Å². The number of Topliss-reactive ketones (excluding diaryl/α,β-unsaturated/α-hetero) is 1. The van der Waals surface area contributed by atoms with Crippen LogP contribution in [-0.2, 0) is 43.2 Å². The lowest BCUT2D eigenvalue weighted by Crippen LogP contribution is -2.61. The number of fused-ring (bicyclic) bond motifs is 3. The number of urea groups is 3. The molecular weight excluding hydrogens is 1170 g/mol. The summed E-state index contributed by atoms with van der Waals surface area (Å²) in [7, 11) is 4.43. The van der Waals surface area contributed by atoms with Crippen molar-refractivity contribution in [2.45, 2.75) is 210 Å². The molecule has 14 N–H and O–H groups in total. The number of nitrogens with two attached hydrogens (primary N) is 2. The molecule has 13 amide bonds. The van der Waals surface area contributed by atoms with Gasteiger partial charge in [-0.2, -0.15) is 0 Å². The van der Waals surface area contributed by atoms with Crippen molar-refractivity contribution < 1.29 is 67.7 Å². The van der Waals surface area contributed by atoms with Gasteiger partial charge in [0, 0.05) is 46.7 Å². The molecule has 27 heteroatoms. The number of carboxylic acid groups (broad SMARTS) is 1. The summed E-state index contributed by atoms with van der Waals surface area (Å²) in [5, 5.41) is 41.1. The lowest BCUT2D eigenvalue weighted by molar-refractivity contribution is -0.152. The Morgan fingerprint density at radius 3 is 1.07 bits per heavy atom. The highest BCUT2D eigenvalue weighted by Gasteiger charge is 2.72.